The first-order valence-corrected chi connectivity index (χ1v) is 23.2. The molecule has 0 radical (unpaired) electrons. The highest BCUT2D eigenvalue weighted by Gasteiger charge is 2.52. The maximum absolute atomic E-state index is 2.62. The second-order valence-electron chi connectivity index (χ2n) is 18.7. The van der Waals surface area contributed by atoms with E-state index in [0.717, 1.165) is 11.4 Å². The maximum Gasteiger partial charge on any atom is 0.0755 e. The summed E-state index contributed by atoms with van der Waals surface area (Å²) in [4.78, 5) is 2.62. The first-order valence-electron chi connectivity index (χ1n) is 23.2. The highest BCUT2D eigenvalue weighted by molar-refractivity contribution is 6.13. The molecule has 0 N–H and O–H groups in total. The Bertz CT molecular complexity index is 3810. The van der Waals surface area contributed by atoms with Crippen LogP contribution in [0.15, 0.2) is 231 Å². The van der Waals surface area contributed by atoms with Crippen LogP contribution < -0.4 is 4.90 Å². The molecule has 2 aliphatic carbocycles. The van der Waals surface area contributed by atoms with Crippen molar-refractivity contribution in [3.8, 4) is 50.2 Å². The van der Waals surface area contributed by atoms with Crippen LogP contribution in [0.2, 0.25) is 0 Å². The molecule has 0 saturated heterocycles. The van der Waals surface area contributed by atoms with Crippen LogP contribution in [0.4, 0.5) is 17.1 Å². The van der Waals surface area contributed by atoms with Gasteiger partial charge in [-0.25, -0.2) is 0 Å². The summed E-state index contributed by atoms with van der Waals surface area (Å²) in [6.45, 7) is 4.77. The fourth-order valence-corrected chi connectivity index (χ4v) is 12.6. The molecule has 66 heavy (non-hydrogen) atoms. The predicted octanol–water partition coefficient (Wildman–Crippen LogP) is 16.6. The van der Waals surface area contributed by atoms with Crippen molar-refractivity contribution in [2.45, 2.75) is 24.7 Å². The zero-order valence-corrected chi connectivity index (χ0v) is 36.8. The molecule has 2 nitrogen and oxygen atoms in total. The smallest absolute Gasteiger partial charge is 0.0755 e. The van der Waals surface area contributed by atoms with Crippen LogP contribution in [0.3, 0.4) is 0 Å². The lowest BCUT2D eigenvalue weighted by Crippen LogP contribution is -2.33. The fraction of sp³-hybridized carbons (Fsp3) is 0.0625. The van der Waals surface area contributed by atoms with Crippen LogP contribution in [-0.4, -0.2) is 4.57 Å². The number of benzene rings is 10. The molecule has 0 fully saturated rings. The van der Waals surface area contributed by atoms with E-state index in [0.29, 0.717) is 0 Å². The summed E-state index contributed by atoms with van der Waals surface area (Å²) in [6, 6.07) is 86.4. The van der Waals surface area contributed by atoms with Crippen LogP contribution in [-0.2, 0) is 10.8 Å². The van der Waals surface area contributed by atoms with Gasteiger partial charge in [-0.05, 0) is 91.5 Å². The maximum atomic E-state index is 2.62. The third kappa shape index (κ3) is 4.75. The van der Waals surface area contributed by atoms with E-state index in [-0.39, 0.29) is 5.41 Å². The van der Waals surface area contributed by atoms with E-state index in [1.165, 1.54) is 111 Å². The Kier molecular flexibility index (Phi) is 7.70. The Morgan fingerprint density at radius 2 is 0.833 bits per heavy atom. The van der Waals surface area contributed by atoms with E-state index in [1.54, 1.807) is 0 Å². The largest absolute Gasteiger partial charge is 0.309 e. The number of hydrogen-bond donors (Lipinski definition) is 0. The molecule has 11 aromatic rings. The molecule has 10 aromatic carbocycles. The van der Waals surface area contributed by atoms with Crippen LogP contribution >= 0.6 is 0 Å². The van der Waals surface area contributed by atoms with Crippen LogP contribution in [0.5, 0.6) is 0 Å². The number of anilines is 3. The van der Waals surface area contributed by atoms with Gasteiger partial charge in [-0.15, -0.1) is 0 Å². The molecule has 2 heteroatoms. The molecule has 1 unspecified atom stereocenters. The molecule has 1 aliphatic heterocycles. The van der Waals surface area contributed by atoms with Gasteiger partial charge in [0.1, 0.15) is 0 Å². The number of nitrogens with zero attached hydrogens (tertiary/aromatic N) is 2. The van der Waals surface area contributed by atoms with E-state index in [9.17, 15) is 0 Å². The SMILES string of the molecule is CC1(C)c2ccccc2-c2c(N(c3ccccc3-c3ccccc3-c3ccccc3)c3cccc4c3-c3ccccc3C43c4ccccc4-n4c5ccccc5c5cccc3c54)cccc21. The lowest BCUT2D eigenvalue weighted by Gasteiger charge is -2.40. The average molecular weight is 841 g/mol. The van der Waals surface area contributed by atoms with Gasteiger partial charge < -0.3 is 9.47 Å². The van der Waals surface area contributed by atoms with Gasteiger partial charge in [-0.3, -0.25) is 0 Å². The van der Waals surface area contributed by atoms with Gasteiger partial charge in [0.05, 0.1) is 39.2 Å². The summed E-state index contributed by atoms with van der Waals surface area (Å²) < 4.78 is 2.53. The Balaban J connectivity index is 1.12. The number of fused-ring (bicyclic) bond motifs is 15. The topological polar surface area (TPSA) is 8.17 Å². The normalized spacial score (nSPS) is 15.6. The quantitative estimate of drug-likeness (QED) is 0.168. The molecule has 0 amide bonds. The summed E-state index contributed by atoms with van der Waals surface area (Å²) in [6.07, 6.45) is 0. The summed E-state index contributed by atoms with van der Waals surface area (Å²) in [5.41, 5.74) is 24.3. The van der Waals surface area contributed by atoms with Crippen LogP contribution in [0.1, 0.15) is 47.2 Å². The summed E-state index contributed by atoms with van der Waals surface area (Å²) in [5.74, 6) is 0. The Morgan fingerprint density at radius 3 is 1.62 bits per heavy atom. The zero-order valence-electron chi connectivity index (χ0n) is 36.8. The molecule has 14 rings (SSSR count). The number of para-hydroxylation sites is 4. The first-order chi connectivity index (χ1) is 32.6. The minimum atomic E-state index is -0.583. The zero-order chi connectivity index (χ0) is 43.7. The third-order valence-electron chi connectivity index (χ3n) is 15.2. The molecule has 1 spiro atoms. The standard InChI is InChI=1S/C64H44N2/c1-63(2)49-30-12-8-27-47(49)60-52(63)33-19-39-58(60)65(55-36-15-10-25-44(55)43-24-7-6-23-42(43)41-21-4-3-5-22-41)59-40-20-34-53-61(59)48-28-9-13-31-50(48)64(53)51-32-14-17-38-57(51)66-56-37-16-11-26-45(56)46-29-18-35-54(64)62(46)66/h3-40H,1-2H3. The van der Waals surface area contributed by atoms with Crippen molar-refractivity contribution in [3.05, 3.63) is 264 Å². The van der Waals surface area contributed by atoms with Crippen molar-refractivity contribution in [3.63, 3.8) is 0 Å². The second-order valence-corrected chi connectivity index (χ2v) is 18.7. The van der Waals surface area contributed by atoms with E-state index in [1.807, 2.05) is 0 Å². The summed E-state index contributed by atoms with van der Waals surface area (Å²) in [7, 11) is 0. The molecule has 1 aromatic heterocycles. The molecule has 1 atom stereocenters. The van der Waals surface area contributed by atoms with Gasteiger partial charge in [-0.1, -0.05) is 214 Å². The van der Waals surface area contributed by atoms with Gasteiger partial charge in [0, 0.05) is 32.9 Å². The number of hydrogen-bond acceptors (Lipinski definition) is 1. The van der Waals surface area contributed by atoms with Crippen molar-refractivity contribution in [2.24, 2.45) is 0 Å². The molecular formula is C64H44N2. The van der Waals surface area contributed by atoms with Crippen molar-refractivity contribution >= 4 is 38.9 Å². The molecule has 0 saturated carbocycles. The second kappa shape index (κ2) is 13.7. The van der Waals surface area contributed by atoms with E-state index in [2.05, 4.69) is 254 Å². The van der Waals surface area contributed by atoms with E-state index >= 15 is 0 Å². The Morgan fingerprint density at radius 1 is 0.333 bits per heavy atom. The highest BCUT2D eigenvalue weighted by Crippen LogP contribution is 2.64. The van der Waals surface area contributed by atoms with E-state index < -0.39 is 5.41 Å². The van der Waals surface area contributed by atoms with Crippen LogP contribution in [0.25, 0.3) is 72.0 Å². The van der Waals surface area contributed by atoms with Crippen molar-refractivity contribution < 1.29 is 0 Å². The fourth-order valence-electron chi connectivity index (χ4n) is 12.6. The van der Waals surface area contributed by atoms with Crippen molar-refractivity contribution in [2.75, 3.05) is 4.90 Å². The Hall–Kier alpha value is -8.20. The predicted molar refractivity (Wildman–Crippen MR) is 275 cm³/mol. The molecule has 310 valence electrons. The monoisotopic (exact) mass is 840 g/mol. The Labute approximate surface area is 385 Å². The lowest BCUT2D eigenvalue weighted by atomic mass is 9.65. The number of rotatable bonds is 5. The van der Waals surface area contributed by atoms with Crippen LogP contribution in [0, 0.1) is 0 Å². The first kappa shape index (κ1) is 37.2. The number of aromatic nitrogens is 1. The van der Waals surface area contributed by atoms with Crippen molar-refractivity contribution in [1.29, 1.82) is 0 Å². The van der Waals surface area contributed by atoms with Crippen molar-refractivity contribution in [1.82, 2.24) is 4.57 Å². The highest BCUT2D eigenvalue weighted by atomic mass is 15.2. The minimum absolute atomic E-state index is 0.175. The van der Waals surface area contributed by atoms with Gasteiger partial charge in [-0.2, -0.15) is 0 Å². The lowest BCUT2D eigenvalue weighted by molar-refractivity contribution is 0.660. The molecule has 3 aliphatic rings. The minimum Gasteiger partial charge on any atom is -0.309 e. The van der Waals surface area contributed by atoms with Gasteiger partial charge >= 0.3 is 0 Å². The van der Waals surface area contributed by atoms with Gasteiger partial charge in [0.25, 0.3) is 0 Å². The van der Waals surface area contributed by atoms with Gasteiger partial charge in [0.2, 0.25) is 0 Å². The van der Waals surface area contributed by atoms with E-state index in [4.69, 9.17) is 0 Å². The molecular weight excluding hydrogens is 797 g/mol. The summed E-state index contributed by atoms with van der Waals surface area (Å²) >= 11 is 0. The summed E-state index contributed by atoms with van der Waals surface area (Å²) in [5, 5.41) is 2.56. The average Bonchev–Trinajstić information content (AvgIpc) is 3.96. The van der Waals surface area contributed by atoms with Gasteiger partial charge in [0.15, 0.2) is 0 Å². The third-order valence-corrected chi connectivity index (χ3v) is 15.2. The molecule has 0 bridgehead atoms. The molecule has 2 heterocycles.